The minimum Gasteiger partial charge on any atom is -0.381 e. The number of unbranched alkanes of at least 4 members (excludes halogenated alkanes) is 7. The van der Waals surface area contributed by atoms with Crippen LogP contribution >= 0.6 is 22.7 Å². The third-order valence-electron chi connectivity index (χ3n) is 8.53. The van der Waals surface area contributed by atoms with E-state index >= 15 is 0 Å². The Morgan fingerprint density at radius 1 is 0.659 bits per heavy atom. The predicted molar refractivity (Wildman–Crippen MR) is 187 cm³/mol. The zero-order valence-electron chi connectivity index (χ0n) is 27.1. The largest absolute Gasteiger partial charge is 0.381 e. The first-order chi connectivity index (χ1) is 21.6. The maximum absolute atomic E-state index is 8.00. The Balaban J connectivity index is 0.000000309. The molecule has 7 heteroatoms. The molecule has 0 radical (unpaired) electrons. The quantitative estimate of drug-likeness (QED) is 0.103. The minimum atomic E-state index is 0.505. The van der Waals surface area contributed by atoms with E-state index in [4.69, 9.17) is 23.0 Å². The first-order valence-electron chi connectivity index (χ1n) is 16.1. The van der Waals surface area contributed by atoms with Crippen molar-refractivity contribution >= 4 is 54.0 Å². The molecule has 2 aromatic heterocycles. The number of benzene rings is 2. The van der Waals surface area contributed by atoms with Gasteiger partial charge in [0, 0.05) is 55.3 Å². The van der Waals surface area contributed by atoms with Gasteiger partial charge in [-0.15, -0.1) is 22.7 Å². The van der Waals surface area contributed by atoms with Crippen LogP contribution in [0.15, 0.2) is 48.5 Å². The molecule has 2 heterocycles. The van der Waals surface area contributed by atoms with Crippen molar-refractivity contribution in [1.29, 1.82) is 0 Å². The second-order valence-electron chi connectivity index (χ2n) is 11.4. The van der Waals surface area contributed by atoms with Crippen LogP contribution in [0.2, 0.25) is 0 Å². The number of rotatable bonds is 13. The lowest BCUT2D eigenvalue weighted by Gasteiger charge is -2.12. The Morgan fingerprint density at radius 3 is 1.52 bits per heavy atom. The highest BCUT2D eigenvalue weighted by Gasteiger charge is 2.25. The third kappa shape index (κ3) is 10.4. The van der Waals surface area contributed by atoms with Gasteiger partial charge in [-0.25, -0.2) is 0 Å². The van der Waals surface area contributed by atoms with Crippen molar-refractivity contribution < 1.29 is 23.0 Å². The van der Waals surface area contributed by atoms with E-state index in [0.29, 0.717) is 6.10 Å². The van der Waals surface area contributed by atoms with Crippen LogP contribution in [-0.2, 0) is 4.74 Å². The van der Waals surface area contributed by atoms with Crippen LogP contribution in [0.25, 0.3) is 31.3 Å². The molecule has 0 spiro atoms. The molecule has 5 rings (SSSR count). The minimum absolute atomic E-state index is 0.505. The molecule has 0 fully saturated rings. The average Bonchev–Trinajstić information content (AvgIpc) is 3.76. The third-order valence-corrected chi connectivity index (χ3v) is 10.7. The maximum atomic E-state index is 8.00. The molecule has 0 saturated carbocycles. The zero-order chi connectivity index (χ0) is 32.3. The average molecular weight is 651 g/mol. The number of thiophene rings is 2. The summed E-state index contributed by atoms with van der Waals surface area (Å²) in [5, 5.41) is 2.88. The fraction of sp³-hybridized carbons (Fsp3) is 0.514. The van der Waals surface area contributed by atoms with Crippen molar-refractivity contribution in [3.05, 3.63) is 69.4 Å². The molecule has 1 unspecified atom stereocenters. The van der Waals surface area contributed by atoms with Crippen molar-refractivity contribution in [3.8, 4) is 0 Å². The van der Waals surface area contributed by atoms with Crippen molar-refractivity contribution in [2.45, 2.75) is 117 Å². The molecule has 1 atom stereocenters. The summed E-state index contributed by atoms with van der Waals surface area (Å²) in [4.78, 5) is 2.93. The molecule has 1 nitrogen and oxygen atoms in total. The van der Waals surface area contributed by atoms with Crippen LogP contribution in [0, 0.1) is 13.8 Å². The molecule has 244 valence electrons. The standard InChI is InChI=1S/C23H20S2.C14H30O.2F2/c1-14-22(18-8-3-5-12-20(18)24-14)16-10-7-11-17(16)23-15(2)25-21-13-6-4-9-19(21)23;1-4-6-7-8-9-10-11-12-13-14(5-2)15-3;2*1-2/h3-6,8-9,12-13H,7,10-11H2,1-2H3;14H,4-13H2,1-3H3;;. The molecular weight excluding hydrogens is 601 g/mol. The molecule has 0 bridgehead atoms. The summed E-state index contributed by atoms with van der Waals surface area (Å²) in [6.45, 7) is 9.07. The summed E-state index contributed by atoms with van der Waals surface area (Å²) in [5.74, 6) is 0. The monoisotopic (exact) mass is 650 g/mol. The number of aryl methyl sites for hydroxylation is 2. The van der Waals surface area contributed by atoms with Gasteiger partial charge >= 0.3 is 0 Å². The molecule has 2 aromatic carbocycles. The summed E-state index contributed by atoms with van der Waals surface area (Å²) in [6, 6.07) is 17.8. The Bertz CT molecular complexity index is 1300. The van der Waals surface area contributed by atoms with Crippen LogP contribution in [0.5, 0.6) is 0 Å². The molecule has 0 N–H and O–H groups in total. The summed E-state index contributed by atoms with van der Waals surface area (Å²) in [7, 11) is 1.83. The number of methoxy groups -OCH3 is 1. The molecular formula is C37H50F4OS2. The number of ether oxygens (including phenoxy) is 1. The number of hydrogen-bond acceptors (Lipinski definition) is 3. The van der Waals surface area contributed by atoms with E-state index in [2.05, 4.69) is 76.2 Å². The lowest BCUT2D eigenvalue weighted by Crippen LogP contribution is -2.08. The van der Waals surface area contributed by atoms with Crippen molar-refractivity contribution in [1.82, 2.24) is 0 Å². The van der Waals surface area contributed by atoms with Gasteiger partial charge in [-0.05, 0) is 80.4 Å². The topological polar surface area (TPSA) is 9.23 Å². The lowest BCUT2D eigenvalue weighted by atomic mass is 9.94. The molecule has 1 aliphatic carbocycles. The molecule has 4 aromatic rings. The molecule has 44 heavy (non-hydrogen) atoms. The Kier molecular flexibility index (Phi) is 18.6. The molecule has 0 saturated heterocycles. The predicted octanol–water partition coefficient (Wildman–Crippen LogP) is 14.5. The zero-order valence-corrected chi connectivity index (χ0v) is 28.8. The van der Waals surface area contributed by atoms with Gasteiger partial charge in [0.05, 0.1) is 6.10 Å². The van der Waals surface area contributed by atoms with Gasteiger partial charge in [0.25, 0.3) is 0 Å². The number of hydrogen-bond donors (Lipinski definition) is 0. The first kappa shape index (κ1) is 38.0. The Morgan fingerprint density at radius 2 is 1.09 bits per heavy atom. The maximum Gasteiger partial charge on any atom is 0.0568 e. The second kappa shape index (κ2) is 21.5. The SMILES string of the molecule is CCCCCCCCCCC(CC)OC.Cc1sc2ccccc2c1C1=C(c2c(C)sc3ccccc23)CCC1.FF.FF. The van der Waals surface area contributed by atoms with Gasteiger partial charge in [0.1, 0.15) is 0 Å². The highest BCUT2D eigenvalue weighted by Crippen LogP contribution is 2.48. The van der Waals surface area contributed by atoms with E-state index < -0.39 is 0 Å². The van der Waals surface area contributed by atoms with Gasteiger partial charge in [0.15, 0.2) is 0 Å². The summed E-state index contributed by atoms with van der Waals surface area (Å²) < 4.78 is 40.2. The molecule has 0 amide bonds. The van der Waals surface area contributed by atoms with Gasteiger partial charge in [-0.2, -0.15) is 0 Å². The number of allylic oxidation sites excluding steroid dienone is 2. The van der Waals surface area contributed by atoms with Gasteiger partial charge < -0.3 is 4.74 Å². The fourth-order valence-corrected chi connectivity index (χ4v) is 8.56. The van der Waals surface area contributed by atoms with Crippen LogP contribution < -0.4 is 0 Å². The van der Waals surface area contributed by atoms with Crippen molar-refractivity contribution in [2.24, 2.45) is 0 Å². The highest BCUT2D eigenvalue weighted by atomic mass is 32.1. The summed E-state index contributed by atoms with van der Waals surface area (Å²) >= 11 is 3.88. The fourth-order valence-electron chi connectivity index (χ4n) is 6.38. The summed E-state index contributed by atoms with van der Waals surface area (Å²) in [5.41, 5.74) is 6.23. The van der Waals surface area contributed by atoms with E-state index in [1.165, 1.54) is 118 Å². The summed E-state index contributed by atoms with van der Waals surface area (Å²) in [6.07, 6.45) is 17.9. The lowest BCUT2D eigenvalue weighted by molar-refractivity contribution is 0.0897. The van der Waals surface area contributed by atoms with Crippen molar-refractivity contribution in [3.63, 3.8) is 0 Å². The van der Waals surface area contributed by atoms with Crippen LogP contribution in [0.4, 0.5) is 18.3 Å². The normalized spacial score (nSPS) is 13.2. The number of fused-ring (bicyclic) bond motifs is 2. The van der Waals surface area contributed by atoms with E-state index in [1.807, 2.05) is 29.8 Å². The highest BCUT2D eigenvalue weighted by molar-refractivity contribution is 7.19. The van der Waals surface area contributed by atoms with Gasteiger partial charge in [-0.3, -0.25) is 0 Å². The van der Waals surface area contributed by atoms with E-state index in [9.17, 15) is 0 Å². The van der Waals surface area contributed by atoms with Crippen LogP contribution in [0.1, 0.15) is 118 Å². The van der Waals surface area contributed by atoms with E-state index in [0.717, 1.165) is 6.42 Å². The number of halogens is 4. The van der Waals surface area contributed by atoms with Crippen LogP contribution in [0.3, 0.4) is 0 Å². The molecule has 1 aliphatic rings. The van der Waals surface area contributed by atoms with Crippen LogP contribution in [-0.4, -0.2) is 13.2 Å². The molecule has 0 aliphatic heterocycles. The van der Waals surface area contributed by atoms with E-state index in [1.54, 1.807) is 11.1 Å². The van der Waals surface area contributed by atoms with Gasteiger partial charge in [0.2, 0.25) is 0 Å². The van der Waals surface area contributed by atoms with Gasteiger partial charge in [-0.1, -0.05) is 102 Å². The Hall–Kier alpha value is -2.22. The second-order valence-corrected chi connectivity index (χ2v) is 13.9. The Labute approximate surface area is 270 Å². The van der Waals surface area contributed by atoms with E-state index in [-0.39, 0.29) is 0 Å². The smallest absolute Gasteiger partial charge is 0.0568 e. The first-order valence-corrected chi connectivity index (χ1v) is 17.7. The van der Waals surface area contributed by atoms with Crippen molar-refractivity contribution in [2.75, 3.05) is 7.11 Å².